The van der Waals surface area contributed by atoms with Crippen LogP contribution in [0.25, 0.3) is 0 Å². The Bertz CT molecular complexity index is 374. The van der Waals surface area contributed by atoms with Crippen molar-refractivity contribution in [1.82, 2.24) is 5.32 Å². The number of nitrogens with one attached hydrogen (secondary N) is 1. The Kier molecular flexibility index (Phi) is 6.06. The number of hydrogen-bond donors (Lipinski definition) is 1. The SMILES string of the molecule is CCCNC(c1ccsc1)C1(OCC)CCCC(C)C1. The maximum atomic E-state index is 6.37. The molecule has 2 nitrogen and oxygen atoms in total. The van der Waals surface area contributed by atoms with E-state index in [-0.39, 0.29) is 5.60 Å². The highest BCUT2D eigenvalue weighted by atomic mass is 32.1. The van der Waals surface area contributed by atoms with Crippen LogP contribution in [0.4, 0.5) is 0 Å². The van der Waals surface area contributed by atoms with E-state index >= 15 is 0 Å². The predicted molar refractivity (Wildman–Crippen MR) is 87.3 cm³/mol. The fraction of sp³-hybridized carbons (Fsp3) is 0.765. The van der Waals surface area contributed by atoms with Crippen LogP contribution >= 0.6 is 11.3 Å². The van der Waals surface area contributed by atoms with Gasteiger partial charge in [-0.3, -0.25) is 0 Å². The van der Waals surface area contributed by atoms with Crippen molar-refractivity contribution in [1.29, 1.82) is 0 Å². The van der Waals surface area contributed by atoms with Crippen LogP contribution in [0, 0.1) is 5.92 Å². The lowest BCUT2D eigenvalue weighted by Gasteiger charge is -2.45. The molecule has 1 fully saturated rings. The normalized spacial score (nSPS) is 28.4. The quantitative estimate of drug-likeness (QED) is 0.782. The molecule has 3 heteroatoms. The van der Waals surface area contributed by atoms with Gasteiger partial charge in [0.05, 0.1) is 11.6 Å². The summed E-state index contributed by atoms with van der Waals surface area (Å²) in [6.07, 6.45) is 6.16. The fourth-order valence-electron chi connectivity index (χ4n) is 3.64. The standard InChI is InChI=1S/C17H29NOS/c1-4-10-18-16(15-8-11-20-13-15)17(19-5-2)9-6-7-14(3)12-17/h8,11,13-14,16,18H,4-7,9-10,12H2,1-3H3. The van der Waals surface area contributed by atoms with E-state index in [4.69, 9.17) is 4.74 Å². The Morgan fingerprint density at radius 1 is 1.50 bits per heavy atom. The molecular weight excluding hydrogens is 266 g/mol. The van der Waals surface area contributed by atoms with Crippen molar-refractivity contribution in [2.75, 3.05) is 13.2 Å². The van der Waals surface area contributed by atoms with Gasteiger partial charge in [-0.2, -0.15) is 11.3 Å². The van der Waals surface area contributed by atoms with Gasteiger partial charge in [-0.05, 0) is 61.0 Å². The highest BCUT2D eigenvalue weighted by Crippen LogP contribution is 2.44. The molecule has 20 heavy (non-hydrogen) atoms. The van der Waals surface area contributed by atoms with Gasteiger partial charge in [0.15, 0.2) is 0 Å². The van der Waals surface area contributed by atoms with Gasteiger partial charge in [0.2, 0.25) is 0 Å². The molecule has 1 saturated carbocycles. The summed E-state index contributed by atoms with van der Waals surface area (Å²) in [4.78, 5) is 0. The minimum Gasteiger partial charge on any atom is -0.373 e. The number of thiophene rings is 1. The van der Waals surface area contributed by atoms with Crippen LogP contribution in [-0.4, -0.2) is 18.8 Å². The van der Waals surface area contributed by atoms with E-state index in [0.29, 0.717) is 6.04 Å². The number of rotatable bonds is 7. The molecule has 0 aromatic carbocycles. The maximum absolute atomic E-state index is 6.37. The molecular formula is C17H29NOS. The summed E-state index contributed by atoms with van der Waals surface area (Å²) < 4.78 is 6.37. The van der Waals surface area contributed by atoms with Gasteiger partial charge in [-0.25, -0.2) is 0 Å². The molecule has 1 N–H and O–H groups in total. The van der Waals surface area contributed by atoms with Crippen LogP contribution in [0.2, 0.25) is 0 Å². The van der Waals surface area contributed by atoms with Crippen molar-refractivity contribution >= 4 is 11.3 Å². The first kappa shape index (κ1) is 16.0. The second-order valence-electron chi connectivity index (χ2n) is 6.14. The Balaban J connectivity index is 2.25. The summed E-state index contributed by atoms with van der Waals surface area (Å²) in [7, 11) is 0. The van der Waals surface area contributed by atoms with Crippen molar-refractivity contribution in [3.8, 4) is 0 Å². The molecule has 0 aliphatic heterocycles. The maximum Gasteiger partial charge on any atom is 0.0878 e. The minimum atomic E-state index is -0.0112. The lowest BCUT2D eigenvalue weighted by Crippen LogP contribution is -2.49. The number of ether oxygens (including phenoxy) is 1. The Morgan fingerprint density at radius 2 is 2.35 bits per heavy atom. The topological polar surface area (TPSA) is 21.3 Å². The molecule has 1 aliphatic carbocycles. The molecule has 1 heterocycles. The van der Waals surface area contributed by atoms with Gasteiger partial charge in [-0.1, -0.05) is 26.7 Å². The molecule has 0 spiro atoms. The number of hydrogen-bond acceptors (Lipinski definition) is 3. The van der Waals surface area contributed by atoms with Gasteiger partial charge < -0.3 is 10.1 Å². The van der Waals surface area contributed by atoms with Crippen LogP contribution in [0.1, 0.15) is 64.5 Å². The minimum absolute atomic E-state index is 0.0112. The van der Waals surface area contributed by atoms with Crippen molar-refractivity contribution in [2.24, 2.45) is 5.92 Å². The molecule has 2 rings (SSSR count). The molecule has 3 unspecified atom stereocenters. The summed E-state index contributed by atoms with van der Waals surface area (Å²) in [5.74, 6) is 0.764. The first-order valence-corrected chi connectivity index (χ1v) is 9.05. The fourth-order valence-corrected chi connectivity index (χ4v) is 4.33. The van der Waals surface area contributed by atoms with E-state index in [1.165, 1.54) is 37.7 Å². The smallest absolute Gasteiger partial charge is 0.0878 e. The summed E-state index contributed by atoms with van der Waals surface area (Å²) in [6.45, 7) is 8.60. The van der Waals surface area contributed by atoms with Crippen LogP contribution in [0.5, 0.6) is 0 Å². The highest BCUT2D eigenvalue weighted by molar-refractivity contribution is 7.07. The molecule has 0 radical (unpaired) electrons. The Hall–Kier alpha value is -0.380. The van der Waals surface area contributed by atoms with E-state index in [1.54, 1.807) is 11.3 Å². The van der Waals surface area contributed by atoms with Gasteiger partial charge >= 0.3 is 0 Å². The van der Waals surface area contributed by atoms with Crippen LogP contribution in [0.15, 0.2) is 16.8 Å². The molecule has 0 saturated heterocycles. The monoisotopic (exact) mass is 295 g/mol. The molecule has 1 aliphatic rings. The van der Waals surface area contributed by atoms with Crippen molar-refractivity contribution in [3.63, 3.8) is 0 Å². The first-order chi connectivity index (χ1) is 9.72. The summed E-state index contributed by atoms with van der Waals surface area (Å²) in [5.41, 5.74) is 1.40. The summed E-state index contributed by atoms with van der Waals surface area (Å²) in [6, 6.07) is 2.61. The zero-order valence-corrected chi connectivity index (χ0v) is 14.0. The van der Waals surface area contributed by atoms with Gasteiger partial charge in [-0.15, -0.1) is 0 Å². The van der Waals surface area contributed by atoms with Gasteiger partial charge in [0.1, 0.15) is 0 Å². The molecule has 3 atom stereocenters. The molecule has 114 valence electrons. The zero-order chi connectivity index (χ0) is 14.4. The van der Waals surface area contributed by atoms with E-state index in [2.05, 4.69) is 42.9 Å². The van der Waals surface area contributed by atoms with Crippen molar-refractivity contribution < 1.29 is 4.74 Å². The van der Waals surface area contributed by atoms with Crippen LogP contribution in [0.3, 0.4) is 0 Å². The second-order valence-corrected chi connectivity index (χ2v) is 6.92. The summed E-state index contributed by atoms with van der Waals surface area (Å²) in [5, 5.41) is 8.24. The predicted octanol–water partition coefficient (Wildman–Crippen LogP) is 4.77. The van der Waals surface area contributed by atoms with Crippen LogP contribution < -0.4 is 5.32 Å². The highest BCUT2D eigenvalue weighted by Gasteiger charge is 2.43. The van der Waals surface area contributed by atoms with E-state index in [0.717, 1.165) is 19.1 Å². The van der Waals surface area contributed by atoms with E-state index in [9.17, 15) is 0 Å². The average Bonchev–Trinajstić information content (AvgIpc) is 2.93. The van der Waals surface area contributed by atoms with Gasteiger partial charge in [0.25, 0.3) is 0 Å². The van der Waals surface area contributed by atoms with E-state index in [1.807, 2.05) is 0 Å². The summed E-state index contributed by atoms with van der Waals surface area (Å²) >= 11 is 1.79. The zero-order valence-electron chi connectivity index (χ0n) is 13.2. The Morgan fingerprint density at radius 3 is 2.95 bits per heavy atom. The van der Waals surface area contributed by atoms with Crippen LogP contribution in [-0.2, 0) is 4.74 Å². The van der Waals surface area contributed by atoms with Crippen molar-refractivity contribution in [2.45, 2.75) is 64.5 Å². The Labute approximate surface area is 127 Å². The lowest BCUT2D eigenvalue weighted by molar-refractivity contribution is -0.102. The third kappa shape index (κ3) is 3.63. The third-order valence-corrected chi connectivity index (χ3v) is 5.13. The molecule has 1 aromatic rings. The van der Waals surface area contributed by atoms with Crippen molar-refractivity contribution in [3.05, 3.63) is 22.4 Å². The molecule has 0 amide bonds. The second kappa shape index (κ2) is 7.58. The first-order valence-electron chi connectivity index (χ1n) is 8.11. The average molecular weight is 295 g/mol. The van der Waals surface area contributed by atoms with E-state index < -0.39 is 0 Å². The van der Waals surface area contributed by atoms with Gasteiger partial charge in [0, 0.05) is 6.61 Å². The molecule has 0 bridgehead atoms. The molecule has 1 aromatic heterocycles. The third-order valence-electron chi connectivity index (χ3n) is 4.42. The lowest BCUT2D eigenvalue weighted by atomic mass is 9.73. The largest absolute Gasteiger partial charge is 0.373 e.